The molecule has 0 radical (unpaired) electrons. The van der Waals surface area contributed by atoms with Crippen LogP contribution in [0.3, 0.4) is 0 Å². The molecule has 0 spiro atoms. The maximum Gasteiger partial charge on any atom is 0.246 e. The van der Waals surface area contributed by atoms with E-state index >= 15 is 0 Å². The van der Waals surface area contributed by atoms with Crippen LogP contribution in [0.15, 0.2) is 24.3 Å². The average Bonchev–Trinajstić information content (AvgIpc) is 4.16. The lowest BCUT2D eigenvalue weighted by Crippen LogP contribution is -2.66. The highest BCUT2D eigenvalue weighted by Gasteiger charge is 2.45. The molecular formula is C47H82N12O6S. The van der Waals surface area contributed by atoms with Crippen LogP contribution in [0.5, 0.6) is 0 Å². The highest BCUT2D eigenvalue weighted by atomic mass is 32.2. The number of carbonyl (C=O) groups excluding carboxylic acids is 3. The van der Waals surface area contributed by atoms with Gasteiger partial charge in [0.25, 0.3) is 0 Å². The van der Waals surface area contributed by atoms with E-state index in [2.05, 4.69) is 91.2 Å². The predicted octanol–water partition coefficient (Wildman–Crippen LogP) is 1.01. The summed E-state index contributed by atoms with van der Waals surface area (Å²) < 4.78 is 11.5. The van der Waals surface area contributed by atoms with Crippen molar-refractivity contribution in [2.75, 3.05) is 65.0 Å². The maximum atomic E-state index is 14.0. The van der Waals surface area contributed by atoms with Crippen LogP contribution in [0.2, 0.25) is 0 Å². The van der Waals surface area contributed by atoms with Gasteiger partial charge in [0, 0.05) is 87.0 Å². The Balaban J connectivity index is 0.747. The van der Waals surface area contributed by atoms with E-state index in [1.54, 1.807) is 0 Å². The first kappa shape index (κ1) is 51.4. The number of likely N-dealkylation sites (tertiary alicyclic amines) is 1. The molecule has 1 aliphatic carbocycles. The van der Waals surface area contributed by atoms with E-state index in [1.807, 2.05) is 44.7 Å². The number of hydrogen-bond acceptors (Lipinski definition) is 16. The molecule has 5 heterocycles. The summed E-state index contributed by atoms with van der Waals surface area (Å²) in [5, 5.41) is 36.6. The van der Waals surface area contributed by atoms with Crippen molar-refractivity contribution < 1.29 is 29.0 Å². The second-order valence-electron chi connectivity index (χ2n) is 20.5. The normalized spacial score (nSPS) is 31.2. The van der Waals surface area contributed by atoms with Crippen LogP contribution in [-0.4, -0.2) is 164 Å². The number of hydrogen-bond donors (Lipinski definition) is 10. The van der Waals surface area contributed by atoms with Crippen LogP contribution >= 0.6 is 11.8 Å². The third-order valence-corrected chi connectivity index (χ3v) is 15.9. The molecule has 372 valence electrons. The number of nitrogens with one attached hydrogen (secondary N) is 9. The number of ether oxygens (including phenoxy) is 2. The van der Waals surface area contributed by atoms with Crippen LogP contribution in [-0.2, 0) is 30.4 Å². The van der Waals surface area contributed by atoms with Gasteiger partial charge in [-0.3, -0.25) is 30.4 Å². The summed E-state index contributed by atoms with van der Waals surface area (Å²) in [5.41, 5.74) is 11.9. The summed E-state index contributed by atoms with van der Waals surface area (Å²) in [7, 11) is 0. The molecule has 66 heavy (non-hydrogen) atoms. The zero-order valence-corrected chi connectivity index (χ0v) is 41.2. The predicted molar refractivity (Wildman–Crippen MR) is 257 cm³/mol. The molecule has 1 saturated carbocycles. The largest absolute Gasteiger partial charge is 0.391 e. The molecule has 1 aromatic carbocycles. The summed E-state index contributed by atoms with van der Waals surface area (Å²) in [5.74, 6) is 0.482. The Labute approximate surface area is 397 Å². The standard InChI is InChI=1S/C47H82N12O6S/c1-7-32(8-2)38-23-41(59-40(53-38)15-16-51-59)52-35-14-13-34(21-35)48-25-36-26-57(56-55-36)17-18-64-19-20-65-28-42(61)54-44(47(4,5)6)46(63)58-27-37(60)22-39(58)45(62)49-24-31-9-11-33(12-10-31)43-30(3)50-29-66-43/h9-12,30,32,34-41,43-44,48,50-53,55-56,60H,7-8,13-29H2,1-6H3,(H,49,62)(H,54,61)/t30?,34-,35-,36?,37+,38?,39-,40?,41?,43?,44+/m0/s1. The van der Waals surface area contributed by atoms with E-state index in [1.165, 1.54) is 36.1 Å². The minimum absolute atomic E-state index is 0.0162. The fraction of sp³-hybridized carbons (Fsp3) is 0.809. The fourth-order valence-corrected chi connectivity index (χ4v) is 12.0. The Morgan fingerprint density at radius 2 is 1.74 bits per heavy atom. The number of hydrazine groups is 3. The lowest BCUT2D eigenvalue weighted by Gasteiger charge is -2.45. The van der Waals surface area contributed by atoms with Crippen molar-refractivity contribution in [2.24, 2.45) is 11.3 Å². The molecule has 19 heteroatoms. The third-order valence-electron chi connectivity index (χ3n) is 14.6. The summed E-state index contributed by atoms with van der Waals surface area (Å²) >= 11 is 1.88. The molecule has 6 fully saturated rings. The van der Waals surface area contributed by atoms with Gasteiger partial charge in [-0.2, -0.15) is 5.53 Å². The smallest absolute Gasteiger partial charge is 0.246 e. The summed E-state index contributed by atoms with van der Waals surface area (Å²) in [4.78, 5) is 41.9. The topological polar surface area (TPSA) is 208 Å². The molecule has 0 bridgehead atoms. The number of rotatable bonds is 22. The maximum absolute atomic E-state index is 14.0. The van der Waals surface area contributed by atoms with Crippen molar-refractivity contribution in [3.8, 4) is 0 Å². The first-order valence-electron chi connectivity index (χ1n) is 25.0. The van der Waals surface area contributed by atoms with Gasteiger partial charge in [0.2, 0.25) is 17.7 Å². The molecule has 5 saturated heterocycles. The molecule has 3 amide bonds. The van der Waals surface area contributed by atoms with E-state index in [9.17, 15) is 19.5 Å². The molecule has 18 nitrogen and oxygen atoms in total. The average molecular weight is 943 g/mol. The number of nitrogens with zero attached hydrogens (tertiary/aromatic N) is 3. The van der Waals surface area contributed by atoms with Crippen LogP contribution in [0.1, 0.15) is 109 Å². The first-order chi connectivity index (χ1) is 31.8. The van der Waals surface area contributed by atoms with E-state index in [0.29, 0.717) is 68.1 Å². The highest BCUT2D eigenvalue weighted by molar-refractivity contribution is 7.99. The Morgan fingerprint density at radius 3 is 2.48 bits per heavy atom. The lowest BCUT2D eigenvalue weighted by molar-refractivity contribution is -0.144. The van der Waals surface area contributed by atoms with Gasteiger partial charge < -0.3 is 40.7 Å². The fourth-order valence-electron chi connectivity index (χ4n) is 10.7. The first-order valence-corrected chi connectivity index (χ1v) is 26.0. The van der Waals surface area contributed by atoms with Crippen LogP contribution in [0.4, 0.5) is 0 Å². The third kappa shape index (κ3) is 13.8. The highest BCUT2D eigenvalue weighted by Crippen LogP contribution is 2.36. The number of aliphatic hydroxyl groups excluding tert-OH is 1. The molecule has 6 aliphatic rings. The molecule has 1 aromatic rings. The Kier molecular flexibility index (Phi) is 19.0. The Bertz CT molecular complexity index is 1710. The minimum atomic E-state index is -0.927. The molecule has 0 aromatic heterocycles. The van der Waals surface area contributed by atoms with Gasteiger partial charge in [-0.05, 0) is 61.5 Å². The zero-order valence-electron chi connectivity index (χ0n) is 40.4. The second kappa shape index (κ2) is 24.4. The molecule has 10 N–H and O–H groups in total. The number of benzene rings is 1. The molecule has 6 unspecified atom stereocenters. The van der Waals surface area contributed by atoms with Crippen LogP contribution < -0.4 is 48.3 Å². The van der Waals surface area contributed by atoms with E-state index in [0.717, 1.165) is 56.3 Å². The summed E-state index contributed by atoms with van der Waals surface area (Å²) in [6, 6.07) is 8.76. The van der Waals surface area contributed by atoms with Gasteiger partial charge in [0.15, 0.2) is 0 Å². The molecular weight excluding hydrogens is 861 g/mol. The van der Waals surface area contributed by atoms with E-state index < -0.39 is 35.4 Å². The van der Waals surface area contributed by atoms with Gasteiger partial charge in [0.1, 0.15) is 18.7 Å². The van der Waals surface area contributed by atoms with Crippen LogP contribution in [0, 0.1) is 11.3 Å². The van der Waals surface area contributed by atoms with Crippen molar-refractivity contribution in [1.29, 1.82) is 0 Å². The second-order valence-corrected chi connectivity index (χ2v) is 21.6. The molecule has 5 aliphatic heterocycles. The number of β-amino-alcohol motifs (C(OH)–C–C–N with tert-alkyl or cyclic N) is 1. The summed E-state index contributed by atoms with van der Waals surface area (Å²) in [6.07, 6.45) is 8.35. The van der Waals surface area contributed by atoms with Crippen molar-refractivity contribution in [3.05, 3.63) is 35.4 Å². The number of fused-ring (bicyclic) bond motifs is 1. The zero-order chi connectivity index (χ0) is 46.8. The Hall–Kier alpha value is -2.50. The summed E-state index contributed by atoms with van der Waals surface area (Å²) in [6.45, 7) is 17.0. The van der Waals surface area contributed by atoms with Crippen molar-refractivity contribution in [3.63, 3.8) is 0 Å². The molecule has 7 rings (SSSR count). The number of carbonyl (C=O) groups is 3. The van der Waals surface area contributed by atoms with Crippen molar-refractivity contribution in [2.45, 2.75) is 165 Å². The van der Waals surface area contributed by atoms with E-state index in [-0.39, 0.29) is 38.1 Å². The van der Waals surface area contributed by atoms with Crippen molar-refractivity contribution >= 4 is 29.5 Å². The molecule has 11 atom stereocenters. The lowest BCUT2D eigenvalue weighted by atomic mass is 9.85. The van der Waals surface area contributed by atoms with Gasteiger partial charge >= 0.3 is 0 Å². The van der Waals surface area contributed by atoms with Gasteiger partial charge in [0.05, 0.1) is 38.3 Å². The van der Waals surface area contributed by atoms with Crippen LogP contribution in [0.25, 0.3) is 0 Å². The quantitative estimate of drug-likeness (QED) is 0.0737. The number of thioether (sulfide) groups is 1. The van der Waals surface area contributed by atoms with E-state index in [4.69, 9.17) is 9.47 Å². The van der Waals surface area contributed by atoms with Gasteiger partial charge in [-0.25, -0.2) is 15.4 Å². The Morgan fingerprint density at radius 1 is 0.970 bits per heavy atom. The van der Waals surface area contributed by atoms with Gasteiger partial charge in [-0.1, -0.05) is 71.7 Å². The monoisotopic (exact) mass is 943 g/mol. The minimum Gasteiger partial charge on any atom is -0.391 e. The number of amides is 3. The van der Waals surface area contributed by atoms with Gasteiger partial charge in [-0.15, -0.1) is 11.8 Å². The SMILES string of the molecule is CCC(CC)C1CC(N[C@H]2CC[C@H](NCC3CN(CCOCCOCC(=O)N[C@H](C(=O)N4C[C@H](O)C[C@H]4C(=O)NCc4ccc(C5SCNC5C)cc4)C(C)(C)C)NN3)C2)N2NCCC2N1. The van der Waals surface area contributed by atoms with Crippen molar-refractivity contribution in [1.82, 2.24) is 63.2 Å². The number of aliphatic hydroxyl groups is 1.